The van der Waals surface area contributed by atoms with E-state index >= 15 is 0 Å². The number of urea groups is 1. The highest BCUT2D eigenvalue weighted by molar-refractivity contribution is 7.80. The van der Waals surface area contributed by atoms with Crippen molar-refractivity contribution < 1.29 is 4.79 Å². The summed E-state index contributed by atoms with van der Waals surface area (Å²) in [5.41, 5.74) is 5.49. The van der Waals surface area contributed by atoms with Gasteiger partial charge in [0, 0.05) is 26.6 Å². The maximum absolute atomic E-state index is 11.3. The molecular weight excluding hydrogens is 198 g/mol. The minimum Gasteiger partial charge on any atom is -0.393 e. The third-order valence-electron chi connectivity index (χ3n) is 2.51. The molecule has 1 rings (SSSR count). The van der Waals surface area contributed by atoms with Crippen LogP contribution in [-0.4, -0.2) is 36.1 Å². The number of carbonyl (C=O) groups is 1. The fraction of sp³-hybridized carbons (Fsp3) is 0.778. The first kappa shape index (κ1) is 11.2. The molecule has 1 aliphatic rings. The quantitative estimate of drug-likeness (QED) is 0.667. The van der Waals surface area contributed by atoms with Gasteiger partial charge in [0.15, 0.2) is 0 Å². The van der Waals surface area contributed by atoms with Crippen LogP contribution >= 0.6 is 12.2 Å². The number of nitrogens with two attached hydrogens (primary N) is 1. The van der Waals surface area contributed by atoms with Gasteiger partial charge < -0.3 is 16.0 Å². The van der Waals surface area contributed by atoms with Crippen molar-refractivity contribution in [2.24, 2.45) is 11.7 Å². The molecule has 5 heteroatoms. The van der Waals surface area contributed by atoms with E-state index in [1.54, 1.807) is 7.05 Å². The molecule has 0 bridgehead atoms. The van der Waals surface area contributed by atoms with Crippen LogP contribution in [0.15, 0.2) is 0 Å². The molecule has 0 aromatic carbocycles. The Kier molecular flexibility index (Phi) is 4.13. The van der Waals surface area contributed by atoms with Gasteiger partial charge in [0.2, 0.25) is 0 Å². The highest BCUT2D eigenvalue weighted by atomic mass is 32.1. The van der Waals surface area contributed by atoms with Crippen LogP contribution in [0.25, 0.3) is 0 Å². The van der Waals surface area contributed by atoms with Crippen molar-refractivity contribution in [1.29, 1.82) is 0 Å². The molecule has 1 heterocycles. The van der Waals surface area contributed by atoms with Gasteiger partial charge in [0.05, 0.1) is 4.99 Å². The van der Waals surface area contributed by atoms with Crippen molar-refractivity contribution >= 4 is 23.2 Å². The number of likely N-dealkylation sites (tertiary alicyclic amines) is 1. The van der Waals surface area contributed by atoms with Gasteiger partial charge in [0.25, 0.3) is 0 Å². The molecule has 14 heavy (non-hydrogen) atoms. The standard InChI is InChI=1S/C9H17N3OS/c1-11-9(13)12-4-2-3-7(6-12)5-8(10)14/h7H,2-6H2,1H3,(H2,10,14)(H,11,13). The molecule has 0 saturated carbocycles. The van der Waals surface area contributed by atoms with Crippen molar-refractivity contribution in [2.75, 3.05) is 20.1 Å². The van der Waals surface area contributed by atoms with Crippen molar-refractivity contribution in [2.45, 2.75) is 19.3 Å². The van der Waals surface area contributed by atoms with Crippen molar-refractivity contribution in [1.82, 2.24) is 10.2 Å². The first-order valence-electron chi connectivity index (χ1n) is 4.88. The largest absolute Gasteiger partial charge is 0.393 e. The molecule has 0 radical (unpaired) electrons. The number of hydrogen-bond donors (Lipinski definition) is 2. The van der Waals surface area contributed by atoms with Gasteiger partial charge >= 0.3 is 6.03 Å². The van der Waals surface area contributed by atoms with E-state index in [4.69, 9.17) is 18.0 Å². The molecular formula is C9H17N3OS. The maximum Gasteiger partial charge on any atom is 0.317 e. The summed E-state index contributed by atoms with van der Waals surface area (Å²) in [5, 5.41) is 2.63. The van der Waals surface area contributed by atoms with E-state index in [-0.39, 0.29) is 6.03 Å². The highest BCUT2D eigenvalue weighted by Crippen LogP contribution is 2.19. The minimum absolute atomic E-state index is 0.00219. The lowest BCUT2D eigenvalue weighted by Crippen LogP contribution is -2.44. The average Bonchev–Trinajstić information content (AvgIpc) is 2.16. The molecule has 1 saturated heterocycles. The van der Waals surface area contributed by atoms with E-state index in [0.29, 0.717) is 10.9 Å². The molecule has 2 amide bonds. The highest BCUT2D eigenvalue weighted by Gasteiger charge is 2.23. The number of thiocarbonyl (C=S) groups is 1. The summed E-state index contributed by atoms with van der Waals surface area (Å²) in [5.74, 6) is 0.443. The lowest BCUT2D eigenvalue weighted by Gasteiger charge is -2.32. The summed E-state index contributed by atoms with van der Waals surface area (Å²) in [6.07, 6.45) is 2.91. The second kappa shape index (κ2) is 5.14. The fourth-order valence-corrected chi connectivity index (χ4v) is 2.09. The van der Waals surface area contributed by atoms with Gasteiger partial charge in [-0.2, -0.15) is 0 Å². The van der Waals surface area contributed by atoms with Crippen molar-refractivity contribution in [3.8, 4) is 0 Å². The molecule has 4 nitrogen and oxygen atoms in total. The Bertz CT molecular complexity index is 232. The predicted octanol–water partition coefficient (Wildman–Crippen LogP) is 0.714. The monoisotopic (exact) mass is 215 g/mol. The molecule has 0 aromatic heterocycles. The molecule has 0 aromatic rings. The zero-order valence-electron chi connectivity index (χ0n) is 8.45. The van der Waals surface area contributed by atoms with Gasteiger partial charge in [-0.05, 0) is 18.8 Å². The van der Waals surface area contributed by atoms with E-state index in [1.165, 1.54) is 0 Å². The number of nitrogens with zero attached hydrogens (tertiary/aromatic N) is 1. The topological polar surface area (TPSA) is 58.4 Å². The Morgan fingerprint density at radius 1 is 1.71 bits per heavy atom. The van der Waals surface area contributed by atoms with Crippen LogP contribution in [0.1, 0.15) is 19.3 Å². The van der Waals surface area contributed by atoms with Gasteiger partial charge in [-0.1, -0.05) is 12.2 Å². The van der Waals surface area contributed by atoms with Crippen LogP contribution in [0.2, 0.25) is 0 Å². The molecule has 1 fully saturated rings. The van der Waals surface area contributed by atoms with E-state index in [0.717, 1.165) is 32.4 Å². The smallest absolute Gasteiger partial charge is 0.317 e. The number of nitrogens with one attached hydrogen (secondary N) is 1. The Hall–Kier alpha value is -0.840. The Labute approximate surface area is 89.8 Å². The first-order valence-corrected chi connectivity index (χ1v) is 5.29. The zero-order chi connectivity index (χ0) is 10.6. The molecule has 1 aliphatic heterocycles. The number of rotatable bonds is 2. The third-order valence-corrected chi connectivity index (χ3v) is 2.68. The van der Waals surface area contributed by atoms with Gasteiger partial charge in [-0.25, -0.2) is 4.79 Å². The van der Waals surface area contributed by atoms with E-state index in [1.807, 2.05) is 4.90 Å². The van der Waals surface area contributed by atoms with Crippen molar-refractivity contribution in [3.63, 3.8) is 0 Å². The Morgan fingerprint density at radius 2 is 2.43 bits per heavy atom. The van der Waals surface area contributed by atoms with Crippen LogP contribution in [0.5, 0.6) is 0 Å². The van der Waals surface area contributed by atoms with E-state index in [2.05, 4.69) is 5.32 Å². The zero-order valence-corrected chi connectivity index (χ0v) is 9.27. The van der Waals surface area contributed by atoms with Gasteiger partial charge in [0.1, 0.15) is 0 Å². The van der Waals surface area contributed by atoms with Crippen LogP contribution in [-0.2, 0) is 0 Å². The minimum atomic E-state index is -0.00219. The van der Waals surface area contributed by atoms with E-state index in [9.17, 15) is 4.79 Å². The van der Waals surface area contributed by atoms with E-state index < -0.39 is 0 Å². The molecule has 3 N–H and O–H groups in total. The lowest BCUT2D eigenvalue weighted by atomic mass is 9.95. The Morgan fingerprint density at radius 3 is 3.00 bits per heavy atom. The summed E-state index contributed by atoms with van der Waals surface area (Å²) in [7, 11) is 1.65. The van der Waals surface area contributed by atoms with Gasteiger partial charge in [-0.15, -0.1) is 0 Å². The molecule has 1 unspecified atom stereocenters. The number of piperidine rings is 1. The average molecular weight is 215 g/mol. The summed E-state index contributed by atoms with van der Waals surface area (Å²) in [6, 6.07) is -0.00219. The van der Waals surface area contributed by atoms with Crippen LogP contribution < -0.4 is 11.1 Å². The molecule has 0 spiro atoms. The lowest BCUT2D eigenvalue weighted by molar-refractivity contribution is 0.169. The Balaban J connectivity index is 2.43. The fourth-order valence-electron chi connectivity index (χ4n) is 1.86. The van der Waals surface area contributed by atoms with Crippen molar-refractivity contribution in [3.05, 3.63) is 0 Å². The normalized spacial score (nSPS) is 21.8. The van der Waals surface area contributed by atoms with Crippen LogP contribution in [0.3, 0.4) is 0 Å². The molecule has 80 valence electrons. The number of hydrogen-bond acceptors (Lipinski definition) is 2. The first-order chi connectivity index (χ1) is 6.63. The molecule has 1 atom stereocenters. The third kappa shape index (κ3) is 3.14. The number of carbonyl (C=O) groups excluding carboxylic acids is 1. The van der Waals surface area contributed by atoms with Crippen LogP contribution in [0, 0.1) is 5.92 Å². The summed E-state index contributed by atoms with van der Waals surface area (Å²) in [4.78, 5) is 13.7. The summed E-state index contributed by atoms with van der Waals surface area (Å²) < 4.78 is 0. The maximum atomic E-state index is 11.3. The number of amides is 2. The summed E-state index contributed by atoms with van der Waals surface area (Å²) >= 11 is 4.87. The second-order valence-corrected chi connectivity index (χ2v) is 4.20. The second-order valence-electron chi connectivity index (χ2n) is 3.68. The summed E-state index contributed by atoms with van der Waals surface area (Å²) in [6.45, 7) is 1.62. The predicted molar refractivity (Wildman–Crippen MR) is 60.2 cm³/mol. The SMILES string of the molecule is CNC(=O)N1CCCC(CC(N)=S)C1. The molecule has 0 aliphatic carbocycles. The van der Waals surface area contributed by atoms with Gasteiger partial charge in [-0.3, -0.25) is 0 Å². The van der Waals surface area contributed by atoms with Crippen LogP contribution in [0.4, 0.5) is 4.79 Å².